The first-order valence-corrected chi connectivity index (χ1v) is 3.95. The van der Waals surface area contributed by atoms with Crippen LogP contribution in [0.3, 0.4) is 0 Å². The molecule has 0 aliphatic carbocycles. The standard InChI is InChI=1S/C5H12.C4H6O2/c1-3-5-4-2;1-3(2)4(5)6/h3-5H2,1-2H3;1H2,2H3,(H,5,6). The highest BCUT2D eigenvalue weighted by molar-refractivity contribution is 5.84. The Kier molecular flexibility index (Phi) is 10.8. The maximum Gasteiger partial charge on any atom is 0.330 e. The third-order valence-corrected chi connectivity index (χ3v) is 1.07. The summed E-state index contributed by atoms with van der Waals surface area (Å²) in [7, 11) is 0. The molecular formula is C9H18O2. The Morgan fingerprint density at radius 3 is 1.64 bits per heavy atom. The molecule has 0 heterocycles. The second-order valence-electron chi connectivity index (χ2n) is 2.44. The molecule has 2 nitrogen and oxygen atoms in total. The molecule has 0 bridgehead atoms. The van der Waals surface area contributed by atoms with Gasteiger partial charge in [0.05, 0.1) is 0 Å². The SMILES string of the molecule is C=C(C)C(=O)O.CCCCC. The van der Waals surface area contributed by atoms with E-state index >= 15 is 0 Å². The lowest BCUT2D eigenvalue weighted by Gasteiger charge is -1.79. The van der Waals surface area contributed by atoms with Gasteiger partial charge in [0.2, 0.25) is 0 Å². The first kappa shape index (κ1) is 12.8. The molecule has 11 heavy (non-hydrogen) atoms. The second kappa shape index (κ2) is 9.21. The average molecular weight is 158 g/mol. The summed E-state index contributed by atoms with van der Waals surface area (Å²) in [6.45, 7) is 9.03. The van der Waals surface area contributed by atoms with Gasteiger partial charge in [-0.15, -0.1) is 0 Å². The van der Waals surface area contributed by atoms with Crippen molar-refractivity contribution in [3.8, 4) is 0 Å². The maximum absolute atomic E-state index is 9.60. The maximum atomic E-state index is 9.60. The molecule has 0 atom stereocenters. The van der Waals surface area contributed by atoms with Gasteiger partial charge in [0, 0.05) is 5.57 Å². The molecule has 0 spiro atoms. The van der Waals surface area contributed by atoms with Crippen molar-refractivity contribution >= 4 is 5.97 Å². The minimum atomic E-state index is -0.935. The molecule has 0 aliphatic rings. The van der Waals surface area contributed by atoms with Crippen LogP contribution in [0.5, 0.6) is 0 Å². The van der Waals surface area contributed by atoms with Crippen molar-refractivity contribution in [3.63, 3.8) is 0 Å². The first-order chi connectivity index (χ1) is 5.06. The Morgan fingerprint density at radius 2 is 1.64 bits per heavy atom. The molecule has 66 valence electrons. The van der Waals surface area contributed by atoms with E-state index in [1.807, 2.05) is 0 Å². The molecule has 0 saturated heterocycles. The quantitative estimate of drug-likeness (QED) is 0.641. The normalized spacial score (nSPS) is 7.91. The van der Waals surface area contributed by atoms with Crippen molar-refractivity contribution in [1.29, 1.82) is 0 Å². The summed E-state index contributed by atoms with van der Waals surface area (Å²) in [5.41, 5.74) is 0.176. The van der Waals surface area contributed by atoms with E-state index in [-0.39, 0.29) is 5.57 Å². The van der Waals surface area contributed by atoms with Gasteiger partial charge in [-0.25, -0.2) is 4.79 Å². The van der Waals surface area contributed by atoms with E-state index in [4.69, 9.17) is 5.11 Å². The number of carboxylic acid groups (broad SMARTS) is 1. The van der Waals surface area contributed by atoms with E-state index in [1.165, 1.54) is 26.2 Å². The van der Waals surface area contributed by atoms with Crippen LogP contribution in [0.1, 0.15) is 40.0 Å². The molecule has 0 aliphatic heterocycles. The number of carboxylic acids is 1. The fraction of sp³-hybridized carbons (Fsp3) is 0.667. The zero-order valence-corrected chi connectivity index (χ0v) is 7.68. The Hall–Kier alpha value is -0.790. The fourth-order valence-corrected chi connectivity index (χ4v) is 0.354. The van der Waals surface area contributed by atoms with Crippen LogP contribution in [0.2, 0.25) is 0 Å². The van der Waals surface area contributed by atoms with Gasteiger partial charge in [0.1, 0.15) is 0 Å². The summed E-state index contributed by atoms with van der Waals surface area (Å²) in [6.07, 6.45) is 4.08. The van der Waals surface area contributed by atoms with Gasteiger partial charge in [-0.1, -0.05) is 39.7 Å². The van der Waals surface area contributed by atoms with Crippen molar-refractivity contribution in [1.82, 2.24) is 0 Å². The molecule has 0 radical (unpaired) electrons. The van der Waals surface area contributed by atoms with Gasteiger partial charge in [0.15, 0.2) is 0 Å². The van der Waals surface area contributed by atoms with E-state index in [0.717, 1.165) is 0 Å². The van der Waals surface area contributed by atoms with Gasteiger partial charge in [-0.2, -0.15) is 0 Å². The first-order valence-electron chi connectivity index (χ1n) is 3.95. The molecule has 0 rings (SSSR count). The molecule has 0 aromatic rings. The van der Waals surface area contributed by atoms with Crippen LogP contribution in [0, 0.1) is 0 Å². The van der Waals surface area contributed by atoms with Gasteiger partial charge in [-0.3, -0.25) is 0 Å². The number of hydrogen-bond donors (Lipinski definition) is 1. The average Bonchev–Trinajstić information content (AvgIpc) is 1.90. The van der Waals surface area contributed by atoms with Crippen LogP contribution in [0.4, 0.5) is 0 Å². The van der Waals surface area contributed by atoms with Crippen LogP contribution in [-0.4, -0.2) is 11.1 Å². The highest BCUT2D eigenvalue weighted by Gasteiger charge is 1.90. The fourth-order valence-electron chi connectivity index (χ4n) is 0.354. The number of aliphatic carboxylic acids is 1. The topological polar surface area (TPSA) is 37.3 Å². The summed E-state index contributed by atoms with van der Waals surface area (Å²) in [6, 6.07) is 0. The monoisotopic (exact) mass is 158 g/mol. The lowest BCUT2D eigenvalue weighted by molar-refractivity contribution is -0.132. The van der Waals surface area contributed by atoms with Crippen molar-refractivity contribution in [2.24, 2.45) is 0 Å². The lowest BCUT2D eigenvalue weighted by atomic mass is 10.3. The Balaban J connectivity index is 0. The minimum Gasteiger partial charge on any atom is -0.478 e. The second-order valence-corrected chi connectivity index (χ2v) is 2.44. The predicted octanol–water partition coefficient (Wildman–Crippen LogP) is 2.84. The van der Waals surface area contributed by atoms with E-state index in [1.54, 1.807) is 0 Å². The predicted molar refractivity (Wildman–Crippen MR) is 47.6 cm³/mol. The van der Waals surface area contributed by atoms with Crippen LogP contribution in [0.15, 0.2) is 12.2 Å². The number of carbonyl (C=O) groups is 1. The third-order valence-electron chi connectivity index (χ3n) is 1.07. The van der Waals surface area contributed by atoms with Crippen molar-refractivity contribution < 1.29 is 9.90 Å². The smallest absolute Gasteiger partial charge is 0.330 e. The lowest BCUT2D eigenvalue weighted by Crippen LogP contribution is -1.92. The molecule has 0 fully saturated rings. The van der Waals surface area contributed by atoms with Gasteiger partial charge < -0.3 is 5.11 Å². The zero-order valence-electron chi connectivity index (χ0n) is 7.68. The number of rotatable bonds is 3. The molecular weight excluding hydrogens is 140 g/mol. The molecule has 0 unspecified atom stereocenters. The van der Waals surface area contributed by atoms with Crippen LogP contribution in [0.25, 0.3) is 0 Å². The summed E-state index contributed by atoms with van der Waals surface area (Å²) >= 11 is 0. The molecule has 0 aromatic heterocycles. The van der Waals surface area contributed by atoms with Crippen LogP contribution >= 0.6 is 0 Å². The molecule has 0 aromatic carbocycles. The Morgan fingerprint density at radius 1 is 1.36 bits per heavy atom. The highest BCUT2D eigenvalue weighted by Crippen LogP contribution is 1.88. The molecule has 1 N–H and O–H groups in total. The number of unbranched alkanes of at least 4 members (excludes halogenated alkanes) is 2. The van der Waals surface area contributed by atoms with Crippen molar-refractivity contribution in [2.45, 2.75) is 40.0 Å². The van der Waals surface area contributed by atoms with Gasteiger partial charge >= 0.3 is 5.97 Å². The Labute approximate surface area is 68.9 Å². The third kappa shape index (κ3) is 17.6. The molecule has 0 amide bonds. The summed E-state index contributed by atoms with van der Waals surface area (Å²) in [5, 5.41) is 7.89. The van der Waals surface area contributed by atoms with E-state index in [2.05, 4.69) is 20.4 Å². The molecule has 0 saturated carbocycles. The Bertz CT molecular complexity index is 103. The van der Waals surface area contributed by atoms with E-state index in [9.17, 15) is 4.79 Å². The minimum absolute atomic E-state index is 0.176. The van der Waals surface area contributed by atoms with Gasteiger partial charge in [-0.05, 0) is 6.92 Å². The highest BCUT2D eigenvalue weighted by atomic mass is 16.4. The van der Waals surface area contributed by atoms with E-state index < -0.39 is 5.97 Å². The van der Waals surface area contributed by atoms with Crippen molar-refractivity contribution in [2.75, 3.05) is 0 Å². The van der Waals surface area contributed by atoms with E-state index in [0.29, 0.717) is 0 Å². The summed E-state index contributed by atoms with van der Waals surface area (Å²) in [4.78, 5) is 9.60. The summed E-state index contributed by atoms with van der Waals surface area (Å²) in [5.74, 6) is -0.935. The van der Waals surface area contributed by atoms with Crippen LogP contribution in [-0.2, 0) is 4.79 Å². The largest absolute Gasteiger partial charge is 0.478 e. The molecule has 2 heteroatoms. The van der Waals surface area contributed by atoms with Gasteiger partial charge in [0.25, 0.3) is 0 Å². The number of hydrogen-bond acceptors (Lipinski definition) is 1. The zero-order chi connectivity index (χ0) is 9.28. The van der Waals surface area contributed by atoms with Crippen molar-refractivity contribution in [3.05, 3.63) is 12.2 Å². The summed E-state index contributed by atoms with van der Waals surface area (Å²) < 4.78 is 0. The van der Waals surface area contributed by atoms with Crippen LogP contribution < -0.4 is 0 Å².